The molecule has 1 aromatic carbocycles. The molecule has 0 saturated carbocycles. The lowest BCUT2D eigenvalue weighted by atomic mass is 10.2. The smallest absolute Gasteiger partial charge is 0.246 e. The van der Waals surface area contributed by atoms with Gasteiger partial charge in [-0.25, -0.2) is 4.99 Å². The Hall–Kier alpha value is -1.61. The van der Waals surface area contributed by atoms with Gasteiger partial charge in [-0.3, -0.25) is 4.79 Å². The van der Waals surface area contributed by atoms with Crippen LogP contribution in [0.15, 0.2) is 46.1 Å². The summed E-state index contributed by atoms with van der Waals surface area (Å²) in [6, 6.07) is 10.2. The summed E-state index contributed by atoms with van der Waals surface area (Å²) in [6.07, 6.45) is 0.925. The van der Waals surface area contributed by atoms with Crippen molar-refractivity contribution in [3.63, 3.8) is 0 Å². The molecule has 1 aliphatic heterocycles. The molecule has 0 saturated heterocycles. The predicted molar refractivity (Wildman–Crippen MR) is 115 cm³/mol. The number of nitrogens with one attached hydrogen (secondary N) is 2. The molecular weight excluding hydrogens is 447 g/mol. The maximum absolute atomic E-state index is 12.5. The van der Waals surface area contributed by atoms with E-state index in [1.54, 1.807) is 11.3 Å². The average Bonchev–Trinajstić information content (AvgIpc) is 3.26. The first-order chi connectivity index (χ1) is 11.8. The molecule has 2 N–H and O–H groups in total. The predicted octanol–water partition coefficient (Wildman–Crippen LogP) is 3.01. The van der Waals surface area contributed by atoms with Crippen LogP contribution in [0.1, 0.15) is 18.1 Å². The number of aliphatic imine (C=N–C) groups is 1. The van der Waals surface area contributed by atoms with Crippen LogP contribution in [0.3, 0.4) is 0 Å². The summed E-state index contributed by atoms with van der Waals surface area (Å²) >= 11 is 1.66. The van der Waals surface area contributed by atoms with E-state index < -0.39 is 0 Å². The second-order valence-corrected chi connectivity index (χ2v) is 6.38. The number of para-hydroxylation sites is 1. The fraction of sp³-hybridized carbons (Fsp3) is 0.333. The van der Waals surface area contributed by atoms with E-state index in [9.17, 15) is 4.79 Å². The van der Waals surface area contributed by atoms with E-state index in [1.807, 2.05) is 35.4 Å². The van der Waals surface area contributed by atoms with E-state index in [0.717, 1.165) is 25.2 Å². The van der Waals surface area contributed by atoms with Gasteiger partial charge in [-0.05, 0) is 47.4 Å². The van der Waals surface area contributed by atoms with Crippen molar-refractivity contribution in [2.45, 2.75) is 19.9 Å². The molecule has 134 valence electrons. The summed E-state index contributed by atoms with van der Waals surface area (Å²) in [5.41, 5.74) is 3.45. The fourth-order valence-corrected chi connectivity index (χ4v) is 3.41. The number of nitrogens with zero attached hydrogens (tertiary/aromatic N) is 2. The maximum Gasteiger partial charge on any atom is 0.246 e. The molecule has 5 nitrogen and oxygen atoms in total. The van der Waals surface area contributed by atoms with Crippen molar-refractivity contribution in [1.82, 2.24) is 10.6 Å². The molecule has 0 unspecified atom stereocenters. The van der Waals surface area contributed by atoms with Crippen LogP contribution in [0.4, 0.5) is 5.69 Å². The molecule has 25 heavy (non-hydrogen) atoms. The Morgan fingerprint density at radius 3 is 2.88 bits per heavy atom. The molecule has 0 atom stereocenters. The van der Waals surface area contributed by atoms with Gasteiger partial charge in [-0.2, -0.15) is 11.3 Å². The maximum atomic E-state index is 12.5. The van der Waals surface area contributed by atoms with E-state index in [1.165, 1.54) is 11.1 Å². The zero-order valence-electron chi connectivity index (χ0n) is 14.2. The highest BCUT2D eigenvalue weighted by Gasteiger charge is 2.23. The third-order valence-electron chi connectivity index (χ3n) is 3.94. The van der Waals surface area contributed by atoms with Crippen molar-refractivity contribution in [3.8, 4) is 0 Å². The van der Waals surface area contributed by atoms with Gasteiger partial charge in [0.05, 0.1) is 13.1 Å². The van der Waals surface area contributed by atoms with Gasteiger partial charge in [0.25, 0.3) is 0 Å². The first-order valence-electron chi connectivity index (χ1n) is 8.19. The molecule has 1 aromatic heterocycles. The van der Waals surface area contributed by atoms with Crippen molar-refractivity contribution in [2.24, 2.45) is 4.99 Å². The lowest BCUT2D eigenvalue weighted by Gasteiger charge is -2.18. The second kappa shape index (κ2) is 9.76. The van der Waals surface area contributed by atoms with E-state index in [2.05, 4.69) is 33.1 Å². The summed E-state index contributed by atoms with van der Waals surface area (Å²) in [4.78, 5) is 18.9. The number of amides is 1. The van der Waals surface area contributed by atoms with Gasteiger partial charge in [0.1, 0.15) is 0 Å². The summed E-state index contributed by atoms with van der Waals surface area (Å²) in [6.45, 7) is 4.38. The van der Waals surface area contributed by atoms with Crippen molar-refractivity contribution >= 4 is 52.9 Å². The number of halogens is 1. The van der Waals surface area contributed by atoms with Gasteiger partial charge in [-0.15, -0.1) is 24.0 Å². The SMILES string of the molecule is CCNC(=NCc1ccsc1)NCC(=O)N1CCc2ccccc21.I. The number of thiophene rings is 1. The van der Waals surface area contributed by atoms with Crippen LogP contribution in [0.5, 0.6) is 0 Å². The third kappa shape index (κ3) is 5.18. The number of carbonyl (C=O) groups excluding carboxylic acids is 1. The molecule has 3 rings (SSSR count). The van der Waals surface area contributed by atoms with Crippen LogP contribution in [0.2, 0.25) is 0 Å². The Kier molecular flexibility index (Phi) is 7.70. The summed E-state index contributed by atoms with van der Waals surface area (Å²) in [5, 5.41) is 10.4. The van der Waals surface area contributed by atoms with Gasteiger partial charge >= 0.3 is 0 Å². The quantitative estimate of drug-likeness (QED) is 0.402. The molecule has 0 bridgehead atoms. The van der Waals surface area contributed by atoms with Crippen molar-refractivity contribution in [1.29, 1.82) is 0 Å². The minimum Gasteiger partial charge on any atom is -0.357 e. The van der Waals surface area contributed by atoms with Crippen LogP contribution < -0.4 is 15.5 Å². The Bertz CT molecular complexity index is 718. The van der Waals surface area contributed by atoms with Crippen LogP contribution in [0, 0.1) is 0 Å². The average molecular weight is 470 g/mol. The van der Waals surface area contributed by atoms with Gasteiger partial charge in [-0.1, -0.05) is 18.2 Å². The molecule has 0 radical (unpaired) electrons. The molecule has 1 amide bonds. The highest BCUT2D eigenvalue weighted by atomic mass is 127. The molecule has 0 fully saturated rings. The molecule has 2 heterocycles. The molecule has 2 aromatic rings. The first-order valence-corrected chi connectivity index (χ1v) is 9.13. The number of hydrogen-bond donors (Lipinski definition) is 2. The normalized spacial score (nSPS) is 13.2. The zero-order valence-corrected chi connectivity index (χ0v) is 17.3. The van der Waals surface area contributed by atoms with E-state index in [-0.39, 0.29) is 36.4 Å². The minimum atomic E-state index is 0. The third-order valence-corrected chi connectivity index (χ3v) is 4.67. The van der Waals surface area contributed by atoms with Crippen molar-refractivity contribution < 1.29 is 4.79 Å². The van der Waals surface area contributed by atoms with Crippen LogP contribution in [-0.2, 0) is 17.8 Å². The summed E-state index contributed by atoms with van der Waals surface area (Å²) in [7, 11) is 0. The van der Waals surface area contributed by atoms with Gasteiger partial charge in [0.2, 0.25) is 5.91 Å². The number of benzene rings is 1. The number of carbonyl (C=O) groups is 1. The molecule has 0 spiro atoms. The Labute approximate surface area is 169 Å². The van der Waals surface area contributed by atoms with E-state index in [4.69, 9.17) is 0 Å². The van der Waals surface area contributed by atoms with Crippen LogP contribution in [-0.4, -0.2) is 31.5 Å². The van der Waals surface area contributed by atoms with Crippen molar-refractivity contribution in [3.05, 3.63) is 52.2 Å². The lowest BCUT2D eigenvalue weighted by Crippen LogP contribution is -2.44. The number of guanidine groups is 1. The number of anilines is 1. The Morgan fingerprint density at radius 2 is 2.12 bits per heavy atom. The monoisotopic (exact) mass is 470 g/mol. The minimum absolute atomic E-state index is 0. The Balaban J connectivity index is 0.00000225. The number of hydrogen-bond acceptors (Lipinski definition) is 3. The van der Waals surface area contributed by atoms with Crippen LogP contribution >= 0.6 is 35.3 Å². The first kappa shape index (κ1) is 19.7. The lowest BCUT2D eigenvalue weighted by molar-refractivity contribution is -0.117. The standard InChI is InChI=1S/C18H22N4OS.HI/c1-2-19-18(20-11-14-8-10-24-13-14)21-12-17(23)22-9-7-15-5-3-4-6-16(15)22;/h3-6,8,10,13H,2,7,9,11-12H2,1H3,(H2,19,20,21);1H. The van der Waals surface area contributed by atoms with Gasteiger partial charge in [0.15, 0.2) is 5.96 Å². The molecule has 1 aliphatic rings. The molecule has 0 aliphatic carbocycles. The summed E-state index contributed by atoms with van der Waals surface area (Å²) < 4.78 is 0. The van der Waals surface area contributed by atoms with Crippen molar-refractivity contribution in [2.75, 3.05) is 24.5 Å². The highest BCUT2D eigenvalue weighted by Crippen LogP contribution is 2.27. The Morgan fingerprint density at radius 1 is 1.28 bits per heavy atom. The largest absolute Gasteiger partial charge is 0.357 e. The molecular formula is C18H23IN4OS. The topological polar surface area (TPSA) is 56.7 Å². The number of rotatable bonds is 5. The number of fused-ring (bicyclic) bond motifs is 1. The zero-order chi connectivity index (χ0) is 16.8. The second-order valence-electron chi connectivity index (χ2n) is 5.60. The van der Waals surface area contributed by atoms with Crippen LogP contribution in [0.25, 0.3) is 0 Å². The summed E-state index contributed by atoms with van der Waals surface area (Å²) in [5.74, 6) is 0.741. The van der Waals surface area contributed by atoms with Gasteiger partial charge < -0.3 is 15.5 Å². The van der Waals surface area contributed by atoms with E-state index >= 15 is 0 Å². The van der Waals surface area contributed by atoms with E-state index in [0.29, 0.717) is 12.5 Å². The molecule has 7 heteroatoms. The van der Waals surface area contributed by atoms with Gasteiger partial charge in [0, 0.05) is 18.8 Å². The highest BCUT2D eigenvalue weighted by molar-refractivity contribution is 14.0. The fourth-order valence-electron chi connectivity index (χ4n) is 2.75.